The lowest BCUT2D eigenvalue weighted by atomic mass is 10.1. The molecular weight excluding hydrogens is 544 g/mol. The van der Waals surface area contributed by atoms with Crippen LogP contribution >= 0.6 is 0 Å². The van der Waals surface area contributed by atoms with Crippen LogP contribution in [0.3, 0.4) is 0 Å². The van der Waals surface area contributed by atoms with Crippen molar-refractivity contribution in [3.63, 3.8) is 0 Å². The highest BCUT2D eigenvalue weighted by atomic mass is 16.6. The van der Waals surface area contributed by atoms with Gasteiger partial charge in [0, 0.05) is 13.0 Å². The summed E-state index contributed by atoms with van der Waals surface area (Å²) < 4.78 is 11.1. The third-order valence-corrected chi connectivity index (χ3v) is 8.22. The Bertz CT molecular complexity index is 654. The van der Waals surface area contributed by atoms with Crippen molar-refractivity contribution in [3.8, 4) is 0 Å². The molecule has 1 atom stereocenters. The van der Waals surface area contributed by atoms with Crippen molar-refractivity contribution in [1.29, 1.82) is 0 Å². The summed E-state index contributed by atoms with van der Waals surface area (Å²) in [6.45, 7) is 5.30. The van der Waals surface area contributed by atoms with Crippen LogP contribution in [0.4, 0.5) is 0 Å². The van der Waals surface area contributed by atoms with Crippen LogP contribution < -0.4 is 0 Å². The van der Waals surface area contributed by atoms with Crippen LogP contribution in [-0.2, 0) is 14.3 Å². The van der Waals surface area contributed by atoms with Gasteiger partial charge in [0.2, 0.25) is 0 Å². The lowest BCUT2D eigenvalue weighted by Crippen LogP contribution is -2.27. The summed E-state index contributed by atoms with van der Waals surface area (Å²) in [5.74, 6) is -0.208. The third kappa shape index (κ3) is 35.1. The topological polar surface area (TPSA) is 55.8 Å². The zero-order valence-electron chi connectivity index (χ0n) is 29.4. The molecule has 0 aliphatic carbocycles. The first-order valence-electron chi connectivity index (χ1n) is 19.1. The molecule has 0 aromatic rings. The molecule has 0 fully saturated rings. The summed E-state index contributed by atoms with van der Waals surface area (Å²) in [6.07, 6.45) is 46.3. The molecule has 0 aromatic heterocycles. The maximum Gasteiger partial charge on any atom is 0.306 e. The fourth-order valence-electron chi connectivity index (χ4n) is 5.33. The molecule has 0 amide bonds. The van der Waals surface area contributed by atoms with Crippen molar-refractivity contribution >= 4 is 5.97 Å². The maximum atomic E-state index is 12.0. The zero-order valence-corrected chi connectivity index (χ0v) is 29.4. The molecule has 258 valence electrons. The Balaban J connectivity index is 3.41. The molecule has 1 unspecified atom stereocenters. The monoisotopic (exact) mass is 619 g/mol. The number of aliphatic hydroxyl groups excluding tert-OH is 1. The number of carbonyl (C=O) groups is 1. The number of esters is 1. The molecule has 4 heteroatoms. The van der Waals surface area contributed by atoms with Crippen LogP contribution in [0.1, 0.15) is 187 Å². The standard InChI is InChI=1S/C40H74O4/c1-3-5-7-9-11-13-14-15-16-17-18-19-20-21-22-23-24-25-26-27-28-30-32-34-36-43-38-39(37-41)44-40(42)35-33-31-29-12-10-8-6-4-2/h14-15,17-18,20-21,39,41H,3-13,16,19,22-38H2,1-2H3/b15-14-,18-17-,21-20-. The van der Waals surface area contributed by atoms with Gasteiger partial charge in [0.05, 0.1) is 13.2 Å². The minimum absolute atomic E-state index is 0.172. The van der Waals surface area contributed by atoms with Crippen molar-refractivity contribution < 1.29 is 19.4 Å². The van der Waals surface area contributed by atoms with E-state index in [0.29, 0.717) is 19.6 Å². The zero-order chi connectivity index (χ0) is 32.0. The first kappa shape index (κ1) is 42.6. The number of hydrogen-bond acceptors (Lipinski definition) is 4. The smallest absolute Gasteiger partial charge is 0.306 e. The van der Waals surface area contributed by atoms with E-state index in [9.17, 15) is 9.90 Å². The molecule has 1 N–H and O–H groups in total. The highest BCUT2D eigenvalue weighted by molar-refractivity contribution is 5.69. The lowest BCUT2D eigenvalue weighted by Gasteiger charge is -2.16. The van der Waals surface area contributed by atoms with Crippen molar-refractivity contribution in [1.82, 2.24) is 0 Å². The molecule has 0 aliphatic rings. The molecule has 0 radical (unpaired) electrons. The number of carbonyl (C=O) groups excluding carboxylic acids is 1. The Kier molecular flexibility index (Phi) is 36.6. The number of rotatable bonds is 35. The van der Waals surface area contributed by atoms with E-state index in [1.54, 1.807) is 0 Å². The van der Waals surface area contributed by atoms with Crippen LogP contribution in [0, 0.1) is 0 Å². The Morgan fingerprint density at radius 2 is 0.955 bits per heavy atom. The second-order valence-corrected chi connectivity index (χ2v) is 12.7. The van der Waals surface area contributed by atoms with Gasteiger partial charge in [-0.3, -0.25) is 4.79 Å². The predicted octanol–water partition coefficient (Wildman–Crippen LogP) is 12.1. The molecule has 0 heterocycles. The Morgan fingerprint density at radius 3 is 1.43 bits per heavy atom. The highest BCUT2D eigenvalue weighted by Crippen LogP contribution is 2.12. The van der Waals surface area contributed by atoms with Crippen molar-refractivity contribution in [2.45, 2.75) is 193 Å². The number of hydrogen-bond donors (Lipinski definition) is 1. The van der Waals surface area contributed by atoms with Crippen molar-refractivity contribution in [2.24, 2.45) is 0 Å². The fourth-order valence-corrected chi connectivity index (χ4v) is 5.33. The average molecular weight is 619 g/mol. The molecule has 0 aliphatic heterocycles. The molecule has 0 aromatic carbocycles. The van der Waals surface area contributed by atoms with Gasteiger partial charge in [-0.2, -0.15) is 0 Å². The molecule has 0 saturated carbocycles. The van der Waals surface area contributed by atoms with E-state index < -0.39 is 6.10 Å². The minimum atomic E-state index is -0.532. The van der Waals surface area contributed by atoms with Crippen LogP contribution in [0.2, 0.25) is 0 Å². The molecule has 0 spiro atoms. The second kappa shape index (κ2) is 37.8. The number of aliphatic hydroxyl groups is 1. The SMILES string of the molecule is CCCCCCC/C=C\C/C=C\C/C=C\CCCCCCCCCCCOCC(CO)OC(=O)CCCCCCCCCC. The first-order chi connectivity index (χ1) is 21.7. The van der Waals surface area contributed by atoms with Crippen molar-refractivity contribution in [3.05, 3.63) is 36.5 Å². The fraction of sp³-hybridized carbons (Fsp3) is 0.825. The Morgan fingerprint density at radius 1 is 0.545 bits per heavy atom. The van der Waals surface area contributed by atoms with Gasteiger partial charge >= 0.3 is 5.97 Å². The van der Waals surface area contributed by atoms with E-state index in [-0.39, 0.29) is 12.6 Å². The van der Waals surface area contributed by atoms with Gasteiger partial charge < -0.3 is 14.6 Å². The summed E-state index contributed by atoms with van der Waals surface area (Å²) in [7, 11) is 0. The molecular formula is C40H74O4. The van der Waals surface area contributed by atoms with E-state index >= 15 is 0 Å². The van der Waals surface area contributed by atoms with Gasteiger partial charge in [0.25, 0.3) is 0 Å². The number of unbranched alkanes of at least 4 members (excludes halogenated alkanes) is 21. The molecule has 0 saturated heterocycles. The Labute approximate surface area is 274 Å². The van der Waals surface area contributed by atoms with Crippen LogP contribution in [0.5, 0.6) is 0 Å². The lowest BCUT2D eigenvalue weighted by molar-refractivity contribution is -0.154. The molecule has 0 bridgehead atoms. The number of ether oxygens (including phenoxy) is 2. The van der Waals surface area contributed by atoms with Gasteiger partial charge in [-0.25, -0.2) is 0 Å². The van der Waals surface area contributed by atoms with Gasteiger partial charge in [-0.1, -0.05) is 166 Å². The van der Waals surface area contributed by atoms with Gasteiger partial charge in [0.1, 0.15) is 6.10 Å². The van der Waals surface area contributed by atoms with Crippen LogP contribution in [0.15, 0.2) is 36.5 Å². The van der Waals surface area contributed by atoms with E-state index in [1.165, 1.54) is 135 Å². The van der Waals surface area contributed by atoms with Crippen LogP contribution in [-0.4, -0.2) is 37.0 Å². The highest BCUT2D eigenvalue weighted by Gasteiger charge is 2.13. The minimum Gasteiger partial charge on any atom is -0.457 e. The van der Waals surface area contributed by atoms with Gasteiger partial charge in [0.15, 0.2) is 0 Å². The summed E-state index contributed by atoms with van der Waals surface area (Å²) in [5.41, 5.74) is 0. The van der Waals surface area contributed by atoms with E-state index in [0.717, 1.165) is 32.1 Å². The summed E-state index contributed by atoms with van der Waals surface area (Å²) in [4.78, 5) is 12.0. The quantitative estimate of drug-likeness (QED) is 0.0436. The number of allylic oxidation sites excluding steroid dienone is 6. The van der Waals surface area contributed by atoms with E-state index in [4.69, 9.17) is 9.47 Å². The normalized spacial score (nSPS) is 12.7. The van der Waals surface area contributed by atoms with E-state index in [1.807, 2.05) is 0 Å². The maximum absolute atomic E-state index is 12.0. The Hall–Kier alpha value is -1.39. The van der Waals surface area contributed by atoms with Crippen molar-refractivity contribution in [2.75, 3.05) is 19.8 Å². The first-order valence-corrected chi connectivity index (χ1v) is 19.1. The summed E-state index contributed by atoms with van der Waals surface area (Å²) in [5, 5.41) is 9.52. The molecule has 4 nitrogen and oxygen atoms in total. The third-order valence-electron chi connectivity index (χ3n) is 8.22. The molecule has 44 heavy (non-hydrogen) atoms. The van der Waals surface area contributed by atoms with Gasteiger partial charge in [-0.05, 0) is 51.4 Å². The summed E-state index contributed by atoms with van der Waals surface area (Å²) >= 11 is 0. The average Bonchev–Trinajstić information content (AvgIpc) is 3.03. The molecule has 0 rings (SSSR count). The predicted molar refractivity (Wildman–Crippen MR) is 191 cm³/mol. The van der Waals surface area contributed by atoms with Gasteiger partial charge in [-0.15, -0.1) is 0 Å². The second-order valence-electron chi connectivity index (χ2n) is 12.7. The largest absolute Gasteiger partial charge is 0.457 e. The van der Waals surface area contributed by atoms with E-state index in [2.05, 4.69) is 50.3 Å². The summed E-state index contributed by atoms with van der Waals surface area (Å²) in [6, 6.07) is 0. The van der Waals surface area contributed by atoms with Crippen LogP contribution in [0.25, 0.3) is 0 Å².